The number of hydrogen-bond acceptors (Lipinski definition) is 4. The summed E-state index contributed by atoms with van der Waals surface area (Å²) in [5.74, 6) is 1.50. The molecule has 23 heavy (non-hydrogen) atoms. The van der Waals surface area contributed by atoms with Crippen LogP contribution < -0.4 is 0 Å². The quantitative estimate of drug-likeness (QED) is 0.797. The molecule has 0 aliphatic heterocycles. The zero-order chi connectivity index (χ0) is 16.2. The largest absolute Gasteiger partial charge is 0.332 e. The maximum absolute atomic E-state index is 7.93. The minimum atomic E-state index is 0.252. The van der Waals surface area contributed by atoms with Crippen molar-refractivity contribution in [1.82, 2.24) is 10.1 Å². The SMILES string of the molecule is CC(C)=CC(=N)c1nc(-c2ccc(C3CCCCC3)cc2)no1. The predicted molar refractivity (Wildman–Crippen MR) is 91.8 cm³/mol. The topological polar surface area (TPSA) is 62.8 Å². The van der Waals surface area contributed by atoms with Gasteiger partial charge in [0.2, 0.25) is 5.82 Å². The van der Waals surface area contributed by atoms with E-state index < -0.39 is 0 Å². The summed E-state index contributed by atoms with van der Waals surface area (Å²) >= 11 is 0. The van der Waals surface area contributed by atoms with Crippen LogP contribution in [0.1, 0.15) is 63.3 Å². The second-order valence-corrected chi connectivity index (χ2v) is 6.52. The molecule has 120 valence electrons. The first-order chi connectivity index (χ1) is 11.1. The van der Waals surface area contributed by atoms with Gasteiger partial charge in [-0.2, -0.15) is 4.98 Å². The first kappa shape index (κ1) is 15.7. The standard InChI is InChI=1S/C19H23N3O/c1-13(2)12-17(20)19-21-18(22-23-19)16-10-8-15(9-11-16)14-6-4-3-5-7-14/h8-12,14,20H,3-7H2,1-2H3. The monoisotopic (exact) mass is 309 g/mol. The van der Waals surface area contributed by atoms with Crippen LogP contribution in [0.4, 0.5) is 0 Å². The molecule has 0 atom stereocenters. The molecule has 1 fully saturated rings. The number of aromatic nitrogens is 2. The number of hydrogen-bond donors (Lipinski definition) is 1. The second kappa shape index (κ2) is 6.90. The van der Waals surface area contributed by atoms with Crippen LogP contribution in [0.15, 0.2) is 40.4 Å². The summed E-state index contributed by atoms with van der Waals surface area (Å²) < 4.78 is 5.20. The summed E-state index contributed by atoms with van der Waals surface area (Å²) in [6, 6.07) is 8.48. The normalized spacial score (nSPS) is 15.4. The lowest BCUT2D eigenvalue weighted by Gasteiger charge is -2.21. The minimum Gasteiger partial charge on any atom is -0.332 e. The molecule has 0 unspecified atom stereocenters. The highest BCUT2D eigenvalue weighted by Gasteiger charge is 2.16. The summed E-state index contributed by atoms with van der Waals surface area (Å²) in [5.41, 5.74) is 3.63. The maximum Gasteiger partial charge on any atom is 0.276 e. The van der Waals surface area contributed by atoms with Crippen LogP contribution in [0.2, 0.25) is 0 Å². The van der Waals surface area contributed by atoms with Crippen LogP contribution in [-0.4, -0.2) is 15.9 Å². The fourth-order valence-electron chi connectivity index (χ4n) is 3.14. The van der Waals surface area contributed by atoms with Gasteiger partial charge in [-0.05, 0) is 44.2 Å². The molecule has 0 amide bonds. The second-order valence-electron chi connectivity index (χ2n) is 6.52. The molecule has 0 saturated heterocycles. The van der Waals surface area contributed by atoms with Gasteiger partial charge in [0.25, 0.3) is 5.89 Å². The Morgan fingerprint density at radius 2 is 1.83 bits per heavy atom. The van der Waals surface area contributed by atoms with Gasteiger partial charge >= 0.3 is 0 Å². The summed E-state index contributed by atoms with van der Waals surface area (Å²) in [7, 11) is 0. The van der Waals surface area contributed by atoms with Crippen LogP contribution in [0.25, 0.3) is 11.4 Å². The van der Waals surface area contributed by atoms with Gasteiger partial charge in [-0.1, -0.05) is 54.3 Å². The fraction of sp³-hybridized carbons (Fsp3) is 0.421. The highest BCUT2D eigenvalue weighted by atomic mass is 16.5. The summed E-state index contributed by atoms with van der Waals surface area (Å²) in [6.07, 6.45) is 8.37. The molecule has 4 nitrogen and oxygen atoms in total. The van der Waals surface area contributed by atoms with Gasteiger partial charge in [-0.3, -0.25) is 5.41 Å². The molecule has 1 aliphatic rings. The molecule has 1 aliphatic carbocycles. The van der Waals surface area contributed by atoms with Gasteiger partial charge in [0.1, 0.15) is 5.71 Å². The van der Waals surface area contributed by atoms with E-state index >= 15 is 0 Å². The van der Waals surface area contributed by atoms with Crippen molar-refractivity contribution in [3.05, 3.63) is 47.4 Å². The van der Waals surface area contributed by atoms with Gasteiger partial charge < -0.3 is 4.52 Å². The summed E-state index contributed by atoms with van der Waals surface area (Å²) in [5, 5.41) is 11.9. The highest BCUT2D eigenvalue weighted by molar-refractivity contribution is 6.03. The van der Waals surface area contributed by atoms with E-state index in [0.29, 0.717) is 11.7 Å². The van der Waals surface area contributed by atoms with E-state index in [1.807, 2.05) is 13.8 Å². The smallest absolute Gasteiger partial charge is 0.276 e. The van der Waals surface area contributed by atoms with Crippen molar-refractivity contribution >= 4 is 5.71 Å². The van der Waals surface area contributed by atoms with Crippen LogP contribution >= 0.6 is 0 Å². The average molecular weight is 309 g/mol. The molecule has 1 N–H and O–H groups in total. The van der Waals surface area contributed by atoms with E-state index in [9.17, 15) is 0 Å². The lowest BCUT2D eigenvalue weighted by molar-refractivity contribution is 0.412. The molecular formula is C19H23N3O. The van der Waals surface area contributed by atoms with Gasteiger partial charge in [0, 0.05) is 5.56 Å². The Hall–Kier alpha value is -2.23. The first-order valence-electron chi connectivity index (χ1n) is 8.31. The van der Waals surface area contributed by atoms with Gasteiger partial charge in [0.15, 0.2) is 0 Å². The molecular weight excluding hydrogens is 286 g/mol. The Morgan fingerprint density at radius 1 is 1.13 bits per heavy atom. The van der Waals surface area contributed by atoms with Crippen LogP contribution in [-0.2, 0) is 0 Å². The lowest BCUT2D eigenvalue weighted by atomic mass is 9.84. The number of nitrogens with one attached hydrogen (secondary N) is 1. The number of benzene rings is 1. The van der Waals surface area contributed by atoms with Gasteiger partial charge in [0.05, 0.1) is 0 Å². The Bertz CT molecular complexity index is 702. The third kappa shape index (κ3) is 3.76. The third-order valence-corrected chi connectivity index (χ3v) is 4.33. The molecule has 3 rings (SSSR count). The molecule has 0 radical (unpaired) electrons. The van der Waals surface area contributed by atoms with Crippen molar-refractivity contribution in [2.24, 2.45) is 0 Å². The highest BCUT2D eigenvalue weighted by Crippen LogP contribution is 2.33. The molecule has 0 spiro atoms. The molecule has 4 heteroatoms. The first-order valence-corrected chi connectivity index (χ1v) is 8.31. The zero-order valence-electron chi connectivity index (χ0n) is 13.8. The van der Waals surface area contributed by atoms with E-state index in [-0.39, 0.29) is 11.6 Å². The Kier molecular flexibility index (Phi) is 4.70. The van der Waals surface area contributed by atoms with Crippen molar-refractivity contribution in [3.63, 3.8) is 0 Å². The van der Waals surface area contributed by atoms with Gasteiger partial charge in [-0.15, -0.1) is 0 Å². The maximum atomic E-state index is 7.93. The average Bonchev–Trinajstić information content (AvgIpc) is 3.05. The van der Waals surface area contributed by atoms with Crippen LogP contribution in [0, 0.1) is 5.41 Å². The van der Waals surface area contributed by atoms with Crippen molar-refractivity contribution in [1.29, 1.82) is 5.41 Å². The van der Waals surface area contributed by atoms with Crippen molar-refractivity contribution in [2.45, 2.75) is 51.9 Å². The lowest BCUT2D eigenvalue weighted by Crippen LogP contribution is -2.04. The van der Waals surface area contributed by atoms with E-state index in [0.717, 1.165) is 11.1 Å². The van der Waals surface area contributed by atoms with E-state index in [1.54, 1.807) is 6.08 Å². The van der Waals surface area contributed by atoms with Crippen LogP contribution in [0.5, 0.6) is 0 Å². The van der Waals surface area contributed by atoms with Crippen LogP contribution in [0.3, 0.4) is 0 Å². The molecule has 1 aromatic carbocycles. The van der Waals surface area contributed by atoms with E-state index in [1.165, 1.54) is 37.7 Å². The molecule has 1 heterocycles. The Balaban J connectivity index is 1.76. The fourth-order valence-corrected chi connectivity index (χ4v) is 3.14. The van der Waals surface area contributed by atoms with E-state index in [2.05, 4.69) is 34.4 Å². The van der Waals surface area contributed by atoms with Crippen molar-refractivity contribution < 1.29 is 4.52 Å². The van der Waals surface area contributed by atoms with Gasteiger partial charge in [-0.25, -0.2) is 0 Å². The number of allylic oxidation sites excluding steroid dienone is 2. The van der Waals surface area contributed by atoms with Crippen molar-refractivity contribution in [3.8, 4) is 11.4 Å². The number of rotatable bonds is 4. The third-order valence-electron chi connectivity index (χ3n) is 4.33. The Morgan fingerprint density at radius 3 is 2.48 bits per heavy atom. The summed E-state index contributed by atoms with van der Waals surface area (Å²) in [4.78, 5) is 4.33. The molecule has 0 bridgehead atoms. The van der Waals surface area contributed by atoms with E-state index in [4.69, 9.17) is 9.93 Å². The van der Waals surface area contributed by atoms with Crippen molar-refractivity contribution in [2.75, 3.05) is 0 Å². The molecule has 2 aromatic rings. The Labute approximate surface area is 137 Å². The molecule has 1 aromatic heterocycles. The predicted octanol–water partition coefficient (Wildman–Crippen LogP) is 5.12. The minimum absolute atomic E-state index is 0.252. The molecule has 1 saturated carbocycles. The summed E-state index contributed by atoms with van der Waals surface area (Å²) in [6.45, 7) is 3.88. The number of nitrogens with zero attached hydrogens (tertiary/aromatic N) is 2. The zero-order valence-corrected chi connectivity index (χ0v) is 13.8.